The monoisotopic (exact) mass is 373 g/mol. The molecule has 0 spiro atoms. The summed E-state index contributed by atoms with van der Waals surface area (Å²) in [5.74, 6) is 0.0852. The fourth-order valence-corrected chi connectivity index (χ4v) is 3.63. The number of benzene rings is 3. The Balaban J connectivity index is 1.59. The first-order chi connectivity index (χ1) is 13.6. The van der Waals surface area contributed by atoms with Crippen molar-refractivity contribution < 1.29 is 9.72 Å². The van der Waals surface area contributed by atoms with Crippen molar-refractivity contribution >= 4 is 17.4 Å². The molecule has 0 aliphatic carbocycles. The highest BCUT2D eigenvalue weighted by molar-refractivity contribution is 5.90. The first-order valence-electron chi connectivity index (χ1n) is 9.05. The Kier molecular flexibility index (Phi) is 4.76. The number of anilines is 1. The molecule has 4 rings (SSSR count). The number of nitro groups is 1. The number of fused-ring (bicyclic) bond motifs is 1. The lowest BCUT2D eigenvalue weighted by Crippen LogP contribution is -2.41. The van der Waals surface area contributed by atoms with Gasteiger partial charge >= 0.3 is 6.03 Å². The summed E-state index contributed by atoms with van der Waals surface area (Å²) in [6.07, 6.45) is 0. The van der Waals surface area contributed by atoms with Crippen molar-refractivity contribution in [1.29, 1.82) is 0 Å². The Labute approximate surface area is 162 Å². The molecule has 0 radical (unpaired) electrons. The summed E-state index contributed by atoms with van der Waals surface area (Å²) in [4.78, 5) is 25.1. The van der Waals surface area contributed by atoms with Crippen LogP contribution < -0.4 is 5.32 Å². The molecule has 140 valence electrons. The molecule has 1 aliphatic heterocycles. The molecule has 0 aromatic heterocycles. The Morgan fingerprint density at radius 3 is 2.54 bits per heavy atom. The lowest BCUT2D eigenvalue weighted by molar-refractivity contribution is -0.384. The lowest BCUT2D eigenvalue weighted by atomic mass is 9.85. The molecule has 1 N–H and O–H groups in total. The summed E-state index contributed by atoms with van der Waals surface area (Å²) in [5.41, 5.74) is 3.85. The van der Waals surface area contributed by atoms with E-state index in [0.717, 1.165) is 11.1 Å². The van der Waals surface area contributed by atoms with Gasteiger partial charge in [-0.15, -0.1) is 0 Å². The number of amides is 2. The topological polar surface area (TPSA) is 75.5 Å². The van der Waals surface area contributed by atoms with Gasteiger partial charge in [-0.2, -0.15) is 0 Å². The van der Waals surface area contributed by atoms with Gasteiger partial charge in [0.05, 0.1) is 4.92 Å². The van der Waals surface area contributed by atoms with Crippen molar-refractivity contribution in [2.24, 2.45) is 0 Å². The van der Waals surface area contributed by atoms with E-state index >= 15 is 0 Å². The maximum atomic E-state index is 12.9. The van der Waals surface area contributed by atoms with E-state index in [0.29, 0.717) is 18.8 Å². The minimum Gasteiger partial charge on any atom is -0.319 e. The van der Waals surface area contributed by atoms with Gasteiger partial charge in [0.15, 0.2) is 0 Å². The van der Waals surface area contributed by atoms with Crippen molar-refractivity contribution in [1.82, 2.24) is 4.90 Å². The maximum Gasteiger partial charge on any atom is 0.322 e. The van der Waals surface area contributed by atoms with Crippen LogP contribution in [0.2, 0.25) is 0 Å². The van der Waals surface area contributed by atoms with Crippen molar-refractivity contribution in [3.8, 4) is 0 Å². The van der Waals surface area contributed by atoms with Gasteiger partial charge in [-0.1, -0.05) is 60.7 Å². The molecule has 3 aromatic rings. The number of hydrogen-bond donors (Lipinski definition) is 1. The van der Waals surface area contributed by atoms with Gasteiger partial charge in [0.1, 0.15) is 0 Å². The van der Waals surface area contributed by atoms with Gasteiger partial charge in [-0.25, -0.2) is 4.79 Å². The molecule has 0 fully saturated rings. The zero-order valence-electron chi connectivity index (χ0n) is 15.1. The fourth-order valence-electron chi connectivity index (χ4n) is 3.63. The van der Waals surface area contributed by atoms with Crippen LogP contribution in [-0.2, 0) is 6.54 Å². The quantitative estimate of drug-likeness (QED) is 0.530. The third kappa shape index (κ3) is 3.57. The van der Waals surface area contributed by atoms with E-state index in [1.807, 2.05) is 36.4 Å². The number of carbonyl (C=O) groups is 1. The van der Waals surface area contributed by atoms with E-state index in [-0.39, 0.29) is 17.6 Å². The third-order valence-electron chi connectivity index (χ3n) is 4.99. The van der Waals surface area contributed by atoms with E-state index in [2.05, 4.69) is 23.5 Å². The van der Waals surface area contributed by atoms with Gasteiger partial charge in [0, 0.05) is 36.8 Å². The predicted octanol–water partition coefficient (Wildman–Crippen LogP) is 4.77. The van der Waals surface area contributed by atoms with Crippen LogP contribution in [0.4, 0.5) is 16.2 Å². The average molecular weight is 373 g/mol. The molecule has 28 heavy (non-hydrogen) atoms. The highest BCUT2D eigenvalue weighted by Gasteiger charge is 2.29. The van der Waals surface area contributed by atoms with Gasteiger partial charge < -0.3 is 10.2 Å². The summed E-state index contributed by atoms with van der Waals surface area (Å²) < 4.78 is 0. The second kappa shape index (κ2) is 7.52. The molecule has 1 heterocycles. The number of non-ortho nitro benzene ring substituents is 1. The van der Waals surface area contributed by atoms with Gasteiger partial charge in [0.2, 0.25) is 0 Å². The SMILES string of the molecule is O=C(Nc1cccc([N+](=O)[O-])c1)N1Cc2ccccc2C(c2ccccc2)C1. The molecule has 6 heteroatoms. The van der Waals surface area contributed by atoms with Crippen LogP contribution in [0.5, 0.6) is 0 Å². The molecule has 0 saturated carbocycles. The van der Waals surface area contributed by atoms with E-state index < -0.39 is 4.92 Å². The number of urea groups is 1. The molecule has 1 aliphatic rings. The summed E-state index contributed by atoms with van der Waals surface area (Å²) in [6, 6.07) is 24.0. The molecule has 1 unspecified atom stereocenters. The predicted molar refractivity (Wildman–Crippen MR) is 107 cm³/mol. The van der Waals surface area contributed by atoms with Crippen LogP contribution in [0, 0.1) is 10.1 Å². The number of nitro benzene ring substituents is 1. The van der Waals surface area contributed by atoms with Crippen LogP contribution in [-0.4, -0.2) is 22.4 Å². The largest absolute Gasteiger partial charge is 0.322 e. The zero-order valence-corrected chi connectivity index (χ0v) is 15.1. The first-order valence-corrected chi connectivity index (χ1v) is 9.05. The number of carbonyl (C=O) groups excluding carboxylic acids is 1. The molecule has 1 atom stereocenters. The molecule has 0 saturated heterocycles. The summed E-state index contributed by atoms with van der Waals surface area (Å²) in [6.45, 7) is 1.04. The fraction of sp³-hybridized carbons (Fsp3) is 0.136. The van der Waals surface area contributed by atoms with Crippen molar-refractivity contribution in [3.05, 3.63) is 106 Å². The van der Waals surface area contributed by atoms with E-state index in [4.69, 9.17) is 0 Å². The van der Waals surface area contributed by atoms with Gasteiger partial charge in [0.25, 0.3) is 5.69 Å². The Hall–Kier alpha value is -3.67. The molecule has 6 nitrogen and oxygen atoms in total. The summed E-state index contributed by atoms with van der Waals surface area (Å²) in [5, 5.41) is 13.8. The van der Waals surface area contributed by atoms with Crippen molar-refractivity contribution in [2.75, 3.05) is 11.9 Å². The van der Waals surface area contributed by atoms with Crippen LogP contribution in [0.15, 0.2) is 78.9 Å². The minimum absolute atomic E-state index is 0.0519. The normalized spacial score (nSPS) is 15.6. The van der Waals surface area contributed by atoms with Gasteiger partial charge in [-0.05, 0) is 22.8 Å². The Bertz CT molecular complexity index is 1020. The van der Waals surface area contributed by atoms with Crippen LogP contribution in [0.25, 0.3) is 0 Å². The molecule has 0 bridgehead atoms. The molecular formula is C22H19N3O3. The first kappa shape index (κ1) is 17.7. The highest BCUT2D eigenvalue weighted by atomic mass is 16.6. The number of hydrogen-bond acceptors (Lipinski definition) is 3. The number of rotatable bonds is 3. The second-order valence-electron chi connectivity index (χ2n) is 6.78. The second-order valence-corrected chi connectivity index (χ2v) is 6.78. The zero-order chi connectivity index (χ0) is 19.5. The van der Waals surface area contributed by atoms with Crippen LogP contribution >= 0.6 is 0 Å². The van der Waals surface area contributed by atoms with Gasteiger partial charge in [-0.3, -0.25) is 10.1 Å². The smallest absolute Gasteiger partial charge is 0.319 e. The lowest BCUT2D eigenvalue weighted by Gasteiger charge is -2.35. The number of nitrogens with zero attached hydrogens (tertiary/aromatic N) is 2. The summed E-state index contributed by atoms with van der Waals surface area (Å²) in [7, 11) is 0. The number of nitrogens with one attached hydrogen (secondary N) is 1. The minimum atomic E-state index is -0.474. The van der Waals surface area contributed by atoms with Crippen molar-refractivity contribution in [2.45, 2.75) is 12.5 Å². The van der Waals surface area contributed by atoms with E-state index in [1.165, 1.54) is 17.7 Å². The molecular weight excluding hydrogens is 354 g/mol. The average Bonchev–Trinajstić information content (AvgIpc) is 2.73. The van der Waals surface area contributed by atoms with Crippen molar-refractivity contribution in [3.63, 3.8) is 0 Å². The summed E-state index contributed by atoms with van der Waals surface area (Å²) >= 11 is 0. The molecule has 3 aromatic carbocycles. The van der Waals surface area contributed by atoms with Crippen LogP contribution in [0.3, 0.4) is 0 Å². The standard InChI is InChI=1S/C22H19N3O3/c26-22(23-18-10-6-11-19(13-18)25(27)28)24-14-17-9-4-5-12-20(17)21(15-24)16-7-2-1-3-8-16/h1-13,21H,14-15H2,(H,23,26). The Morgan fingerprint density at radius 2 is 1.75 bits per heavy atom. The Morgan fingerprint density at radius 1 is 1.00 bits per heavy atom. The maximum absolute atomic E-state index is 12.9. The van der Waals surface area contributed by atoms with E-state index in [1.54, 1.807) is 17.0 Å². The highest BCUT2D eigenvalue weighted by Crippen LogP contribution is 2.33. The molecule has 2 amide bonds. The van der Waals surface area contributed by atoms with Crippen LogP contribution in [0.1, 0.15) is 22.6 Å². The van der Waals surface area contributed by atoms with E-state index in [9.17, 15) is 14.9 Å². The third-order valence-corrected chi connectivity index (χ3v) is 4.99.